The van der Waals surface area contributed by atoms with Crippen LogP contribution in [0.15, 0.2) is 90.0 Å². The SMILES string of the molecule is FC(F)(F)c1ccccc1[C@H]1CC(c2ccccc2)=NN1c1ccccc1. The topological polar surface area (TPSA) is 15.6 Å². The van der Waals surface area contributed by atoms with Crippen LogP contribution in [0.1, 0.15) is 29.2 Å². The quantitative estimate of drug-likeness (QED) is 0.550. The highest BCUT2D eigenvalue weighted by Crippen LogP contribution is 2.42. The molecule has 3 aromatic carbocycles. The zero-order valence-corrected chi connectivity index (χ0v) is 14.4. The highest BCUT2D eigenvalue weighted by molar-refractivity contribution is 6.03. The predicted molar refractivity (Wildman–Crippen MR) is 101 cm³/mol. The standard InChI is InChI=1S/C22H17F3N2/c23-22(24,25)19-14-8-7-13-18(19)21-15-20(16-9-3-1-4-10-16)26-27(21)17-11-5-2-6-12-17/h1-14,21H,15H2/t21-/m1/s1. The molecule has 0 aliphatic carbocycles. The highest BCUT2D eigenvalue weighted by atomic mass is 19.4. The maximum absolute atomic E-state index is 13.6. The molecular formula is C22H17F3N2. The second-order valence-corrected chi connectivity index (χ2v) is 6.40. The molecule has 3 aromatic rings. The number of anilines is 1. The summed E-state index contributed by atoms with van der Waals surface area (Å²) in [4.78, 5) is 0. The first-order valence-electron chi connectivity index (χ1n) is 8.67. The van der Waals surface area contributed by atoms with Crippen molar-refractivity contribution in [3.63, 3.8) is 0 Å². The van der Waals surface area contributed by atoms with Gasteiger partial charge in [-0.15, -0.1) is 0 Å². The number of hydrogen-bond donors (Lipinski definition) is 0. The Balaban J connectivity index is 1.81. The number of halogens is 3. The van der Waals surface area contributed by atoms with Crippen LogP contribution in [0.25, 0.3) is 0 Å². The second kappa shape index (κ2) is 6.91. The Hall–Kier alpha value is -3.08. The van der Waals surface area contributed by atoms with Crippen LogP contribution in [0.2, 0.25) is 0 Å². The third-order valence-electron chi connectivity index (χ3n) is 4.66. The van der Waals surface area contributed by atoms with Gasteiger partial charge in [-0.2, -0.15) is 18.3 Å². The third-order valence-corrected chi connectivity index (χ3v) is 4.66. The average Bonchev–Trinajstić information content (AvgIpc) is 3.14. The zero-order valence-electron chi connectivity index (χ0n) is 14.4. The van der Waals surface area contributed by atoms with Gasteiger partial charge >= 0.3 is 6.18 Å². The van der Waals surface area contributed by atoms with E-state index in [9.17, 15) is 13.2 Å². The fourth-order valence-electron chi connectivity index (χ4n) is 3.42. The lowest BCUT2D eigenvalue weighted by atomic mass is 9.94. The van der Waals surface area contributed by atoms with Gasteiger partial charge in [0.1, 0.15) is 0 Å². The number of rotatable bonds is 3. The molecular weight excluding hydrogens is 349 g/mol. The van der Waals surface area contributed by atoms with Crippen molar-refractivity contribution in [2.75, 3.05) is 5.01 Å². The number of nitrogens with zero attached hydrogens (tertiary/aromatic N) is 2. The molecule has 0 saturated heterocycles. The molecule has 4 rings (SSSR count). The van der Waals surface area contributed by atoms with E-state index < -0.39 is 17.8 Å². The summed E-state index contributed by atoms with van der Waals surface area (Å²) in [7, 11) is 0. The Labute approximate surface area is 155 Å². The molecule has 0 amide bonds. The molecule has 0 fully saturated rings. The van der Waals surface area contributed by atoms with Crippen molar-refractivity contribution in [2.24, 2.45) is 5.10 Å². The van der Waals surface area contributed by atoms with E-state index in [1.165, 1.54) is 6.07 Å². The van der Waals surface area contributed by atoms with Crippen LogP contribution in [-0.4, -0.2) is 5.71 Å². The van der Waals surface area contributed by atoms with Gasteiger partial charge in [0.15, 0.2) is 0 Å². The van der Waals surface area contributed by atoms with Gasteiger partial charge in [-0.25, -0.2) is 0 Å². The van der Waals surface area contributed by atoms with Gasteiger partial charge in [-0.1, -0.05) is 66.7 Å². The molecule has 0 saturated carbocycles. The van der Waals surface area contributed by atoms with Crippen molar-refractivity contribution in [1.29, 1.82) is 0 Å². The summed E-state index contributed by atoms with van der Waals surface area (Å²) in [6.45, 7) is 0. The molecule has 136 valence electrons. The average molecular weight is 366 g/mol. The van der Waals surface area contributed by atoms with Crippen LogP contribution < -0.4 is 5.01 Å². The van der Waals surface area contributed by atoms with Crippen LogP contribution in [0.4, 0.5) is 18.9 Å². The summed E-state index contributed by atoms with van der Waals surface area (Å²) >= 11 is 0. The fourth-order valence-corrected chi connectivity index (χ4v) is 3.42. The lowest BCUT2D eigenvalue weighted by molar-refractivity contribution is -0.138. The van der Waals surface area contributed by atoms with Crippen LogP contribution in [0.5, 0.6) is 0 Å². The van der Waals surface area contributed by atoms with E-state index in [1.807, 2.05) is 60.7 Å². The molecule has 27 heavy (non-hydrogen) atoms. The van der Waals surface area contributed by atoms with E-state index in [-0.39, 0.29) is 5.56 Å². The molecule has 1 heterocycles. The molecule has 2 nitrogen and oxygen atoms in total. The number of hydrogen-bond acceptors (Lipinski definition) is 2. The van der Waals surface area contributed by atoms with Gasteiger partial charge < -0.3 is 0 Å². The lowest BCUT2D eigenvalue weighted by Gasteiger charge is -2.26. The molecule has 1 aliphatic heterocycles. The molecule has 0 spiro atoms. The van der Waals surface area contributed by atoms with Gasteiger partial charge in [0.25, 0.3) is 0 Å². The maximum Gasteiger partial charge on any atom is 0.416 e. The second-order valence-electron chi connectivity index (χ2n) is 6.40. The zero-order chi connectivity index (χ0) is 18.9. The third kappa shape index (κ3) is 3.45. The van der Waals surface area contributed by atoms with Crippen LogP contribution >= 0.6 is 0 Å². The molecule has 1 aliphatic rings. The van der Waals surface area contributed by atoms with E-state index in [2.05, 4.69) is 0 Å². The van der Waals surface area contributed by atoms with Crippen molar-refractivity contribution in [1.82, 2.24) is 0 Å². The first-order chi connectivity index (χ1) is 13.0. The molecule has 0 unspecified atom stereocenters. The van der Waals surface area contributed by atoms with Crippen LogP contribution in [-0.2, 0) is 6.18 Å². The van der Waals surface area contributed by atoms with E-state index in [0.29, 0.717) is 6.42 Å². The van der Waals surface area contributed by atoms with E-state index in [4.69, 9.17) is 5.10 Å². The van der Waals surface area contributed by atoms with E-state index in [0.717, 1.165) is 23.0 Å². The molecule has 0 radical (unpaired) electrons. The predicted octanol–water partition coefficient (Wildman–Crippen LogP) is 6.06. The van der Waals surface area contributed by atoms with Crippen molar-refractivity contribution >= 4 is 11.4 Å². The van der Waals surface area contributed by atoms with Crippen molar-refractivity contribution < 1.29 is 13.2 Å². The molecule has 0 aromatic heterocycles. The summed E-state index contributed by atoms with van der Waals surface area (Å²) in [6.07, 6.45) is -4.00. The summed E-state index contributed by atoms with van der Waals surface area (Å²) in [6, 6.07) is 24.1. The Morgan fingerprint density at radius 2 is 1.37 bits per heavy atom. The van der Waals surface area contributed by atoms with Crippen LogP contribution in [0.3, 0.4) is 0 Å². The van der Waals surface area contributed by atoms with Gasteiger partial charge in [-0.05, 0) is 29.3 Å². The minimum absolute atomic E-state index is 0.239. The number of para-hydroxylation sites is 1. The minimum atomic E-state index is -4.41. The van der Waals surface area contributed by atoms with Gasteiger partial charge in [0.2, 0.25) is 0 Å². The number of benzene rings is 3. The van der Waals surface area contributed by atoms with Crippen LogP contribution in [0, 0.1) is 0 Å². The highest BCUT2D eigenvalue weighted by Gasteiger charge is 2.39. The van der Waals surface area contributed by atoms with Gasteiger partial charge in [0.05, 0.1) is 23.0 Å². The largest absolute Gasteiger partial charge is 0.416 e. The van der Waals surface area contributed by atoms with E-state index >= 15 is 0 Å². The number of hydrazone groups is 1. The van der Waals surface area contributed by atoms with Gasteiger partial charge in [0, 0.05) is 6.42 Å². The molecule has 1 atom stereocenters. The Kier molecular flexibility index (Phi) is 4.44. The summed E-state index contributed by atoms with van der Waals surface area (Å²) in [5.41, 5.74) is 2.10. The Morgan fingerprint density at radius 3 is 2.04 bits per heavy atom. The Morgan fingerprint density at radius 1 is 0.778 bits per heavy atom. The van der Waals surface area contributed by atoms with Crippen molar-refractivity contribution in [2.45, 2.75) is 18.6 Å². The summed E-state index contributed by atoms with van der Waals surface area (Å²) in [5.74, 6) is 0. The lowest BCUT2D eigenvalue weighted by Crippen LogP contribution is -2.22. The van der Waals surface area contributed by atoms with E-state index in [1.54, 1.807) is 17.1 Å². The Bertz CT molecular complexity index is 950. The molecule has 0 N–H and O–H groups in total. The van der Waals surface area contributed by atoms with Crippen molar-refractivity contribution in [3.8, 4) is 0 Å². The summed E-state index contributed by atoms with van der Waals surface area (Å²) < 4.78 is 40.8. The smallest absolute Gasteiger partial charge is 0.257 e. The minimum Gasteiger partial charge on any atom is -0.257 e. The first kappa shape index (κ1) is 17.3. The first-order valence-corrected chi connectivity index (χ1v) is 8.67. The molecule has 5 heteroatoms. The molecule has 0 bridgehead atoms. The normalized spacial score (nSPS) is 17.1. The summed E-state index contributed by atoms with van der Waals surface area (Å²) in [5, 5.41) is 6.39. The fraction of sp³-hybridized carbons (Fsp3) is 0.136. The monoisotopic (exact) mass is 366 g/mol. The van der Waals surface area contributed by atoms with Gasteiger partial charge in [-0.3, -0.25) is 5.01 Å². The maximum atomic E-state index is 13.6. The number of alkyl halides is 3. The van der Waals surface area contributed by atoms with Crippen molar-refractivity contribution in [3.05, 3.63) is 102 Å².